The molecule has 0 radical (unpaired) electrons. The maximum atomic E-state index is 12.0. The summed E-state index contributed by atoms with van der Waals surface area (Å²) < 4.78 is 0. The zero-order valence-electron chi connectivity index (χ0n) is 14.1. The van der Waals surface area contributed by atoms with Crippen LogP contribution in [0.5, 0.6) is 0 Å². The quantitative estimate of drug-likeness (QED) is 0.724. The Kier molecular flexibility index (Phi) is 3.78. The fourth-order valence-corrected chi connectivity index (χ4v) is 6.44. The molecule has 6 atom stereocenters. The molecule has 0 bridgehead atoms. The van der Waals surface area contributed by atoms with E-state index in [4.69, 9.17) is 0 Å². The minimum Gasteiger partial charge on any atom is -0.481 e. The van der Waals surface area contributed by atoms with Gasteiger partial charge in [-0.3, -0.25) is 4.79 Å². The van der Waals surface area contributed by atoms with Crippen LogP contribution in [0, 0.1) is 34.5 Å². The Morgan fingerprint density at radius 2 is 2.00 bits per heavy atom. The van der Waals surface area contributed by atoms with Gasteiger partial charge in [0.25, 0.3) is 0 Å². The van der Waals surface area contributed by atoms with Crippen LogP contribution in [-0.4, -0.2) is 11.1 Å². The predicted molar refractivity (Wildman–Crippen MR) is 89.5 cm³/mol. The highest BCUT2D eigenvalue weighted by Gasteiger charge is 2.59. The maximum Gasteiger partial charge on any atom is 0.309 e. The molecule has 0 amide bonds. The molecule has 3 aliphatic rings. The first-order valence-electron chi connectivity index (χ1n) is 8.88. The van der Waals surface area contributed by atoms with Crippen molar-refractivity contribution < 1.29 is 9.90 Å². The first-order chi connectivity index (χ1) is 10.3. The number of rotatable bonds is 2. The Morgan fingerprint density at radius 1 is 1.27 bits per heavy atom. The topological polar surface area (TPSA) is 37.3 Å². The third-order valence-corrected chi connectivity index (χ3v) is 7.58. The molecule has 0 heterocycles. The van der Waals surface area contributed by atoms with E-state index < -0.39 is 11.4 Å². The van der Waals surface area contributed by atoms with Crippen LogP contribution < -0.4 is 0 Å². The molecule has 0 aromatic heterocycles. The highest BCUT2D eigenvalue weighted by molar-refractivity contribution is 5.75. The van der Waals surface area contributed by atoms with Gasteiger partial charge in [0.2, 0.25) is 0 Å². The predicted octanol–water partition coefficient (Wildman–Crippen LogP) is 5.06. The van der Waals surface area contributed by atoms with Crippen molar-refractivity contribution in [3.63, 3.8) is 0 Å². The van der Waals surface area contributed by atoms with Gasteiger partial charge in [0.05, 0.1) is 5.41 Å². The second kappa shape index (κ2) is 5.25. The average Bonchev–Trinajstić information content (AvgIpc) is 2.46. The molecular formula is C20H30O2. The lowest BCUT2D eigenvalue weighted by molar-refractivity contribution is -0.172. The van der Waals surface area contributed by atoms with Crippen LogP contribution in [0.2, 0.25) is 0 Å². The summed E-state index contributed by atoms with van der Waals surface area (Å²) in [5.74, 6) is 1.45. The van der Waals surface area contributed by atoms with Gasteiger partial charge in [0.1, 0.15) is 0 Å². The summed E-state index contributed by atoms with van der Waals surface area (Å²) in [7, 11) is 0. The van der Waals surface area contributed by atoms with Gasteiger partial charge in [-0.2, -0.15) is 0 Å². The van der Waals surface area contributed by atoms with E-state index >= 15 is 0 Å². The molecule has 3 rings (SSSR count). The molecule has 3 fully saturated rings. The van der Waals surface area contributed by atoms with Gasteiger partial charge in [-0.05, 0) is 68.6 Å². The number of allylic oxidation sites excluding steroid dienone is 2. The molecule has 2 heteroatoms. The zero-order chi connectivity index (χ0) is 16.1. The molecule has 0 aromatic carbocycles. The lowest BCUT2D eigenvalue weighted by atomic mass is 9.43. The highest BCUT2D eigenvalue weighted by Crippen LogP contribution is 2.65. The summed E-state index contributed by atoms with van der Waals surface area (Å²) in [5, 5.41) is 9.86. The van der Waals surface area contributed by atoms with Crippen molar-refractivity contribution in [1.29, 1.82) is 0 Å². The normalized spacial score (nSPS) is 48.2. The molecule has 0 saturated heterocycles. The molecule has 22 heavy (non-hydrogen) atoms. The van der Waals surface area contributed by atoms with E-state index in [9.17, 15) is 9.90 Å². The van der Waals surface area contributed by atoms with Crippen LogP contribution in [0.25, 0.3) is 0 Å². The van der Waals surface area contributed by atoms with Crippen LogP contribution in [0.15, 0.2) is 24.8 Å². The van der Waals surface area contributed by atoms with E-state index in [0.29, 0.717) is 23.7 Å². The number of hydrogen-bond acceptors (Lipinski definition) is 1. The molecule has 0 aliphatic heterocycles. The minimum absolute atomic E-state index is 0.177. The number of carbonyl (C=O) groups is 1. The molecule has 2 nitrogen and oxygen atoms in total. The molecule has 0 spiro atoms. The minimum atomic E-state index is -0.581. The maximum absolute atomic E-state index is 12.0. The molecule has 0 aromatic rings. The Labute approximate surface area is 134 Å². The fraction of sp³-hybridized carbons (Fsp3) is 0.750. The third-order valence-electron chi connectivity index (χ3n) is 7.58. The first-order valence-corrected chi connectivity index (χ1v) is 8.88. The van der Waals surface area contributed by atoms with Crippen molar-refractivity contribution >= 4 is 5.97 Å². The Balaban J connectivity index is 1.97. The smallest absolute Gasteiger partial charge is 0.309 e. The van der Waals surface area contributed by atoms with Crippen molar-refractivity contribution in [3.8, 4) is 0 Å². The Bertz CT molecular complexity index is 508. The highest BCUT2D eigenvalue weighted by atomic mass is 16.4. The molecular weight excluding hydrogens is 272 g/mol. The van der Waals surface area contributed by atoms with Crippen molar-refractivity contribution in [2.24, 2.45) is 34.5 Å². The number of carboxylic acids is 1. The van der Waals surface area contributed by atoms with E-state index in [0.717, 1.165) is 32.1 Å². The Morgan fingerprint density at radius 3 is 2.64 bits per heavy atom. The number of carboxylic acid groups (broad SMARTS) is 1. The monoisotopic (exact) mass is 302 g/mol. The zero-order valence-corrected chi connectivity index (χ0v) is 14.1. The Hall–Kier alpha value is -1.05. The fourth-order valence-electron chi connectivity index (χ4n) is 6.44. The average molecular weight is 302 g/mol. The number of fused-ring (bicyclic) bond motifs is 3. The van der Waals surface area contributed by atoms with Gasteiger partial charge in [-0.25, -0.2) is 0 Å². The molecule has 122 valence electrons. The summed E-state index contributed by atoms with van der Waals surface area (Å²) in [6, 6.07) is 0. The van der Waals surface area contributed by atoms with Crippen LogP contribution in [-0.2, 0) is 4.79 Å². The summed E-state index contributed by atoms with van der Waals surface area (Å²) in [4.78, 5) is 12.0. The summed E-state index contributed by atoms with van der Waals surface area (Å²) in [5.41, 5.74) is 0.988. The van der Waals surface area contributed by atoms with Gasteiger partial charge in [-0.1, -0.05) is 31.6 Å². The van der Waals surface area contributed by atoms with Crippen LogP contribution in [0.1, 0.15) is 58.8 Å². The second-order valence-corrected chi connectivity index (χ2v) is 8.44. The lowest BCUT2D eigenvalue weighted by Crippen LogP contribution is -2.56. The molecule has 1 N–H and O–H groups in total. The van der Waals surface area contributed by atoms with Gasteiger partial charge >= 0.3 is 5.97 Å². The van der Waals surface area contributed by atoms with Gasteiger partial charge in [-0.15, -0.1) is 6.58 Å². The van der Waals surface area contributed by atoms with Gasteiger partial charge in [0, 0.05) is 5.92 Å². The van der Waals surface area contributed by atoms with Crippen LogP contribution >= 0.6 is 0 Å². The number of aliphatic carboxylic acids is 1. The van der Waals surface area contributed by atoms with E-state index in [1.807, 2.05) is 6.92 Å². The van der Waals surface area contributed by atoms with Crippen molar-refractivity contribution in [1.82, 2.24) is 0 Å². The lowest BCUT2D eigenvalue weighted by Gasteiger charge is -2.61. The van der Waals surface area contributed by atoms with E-state index in [-0.39, 0.29) is 5.41 Å². The molecule has 3 saturated carbocycles. The molecule has 3 aliphatic carbocycles. The SMILES string of the molecule is C=CC1C(=C)CC[C@H]2[C@H]1CC[C@@H]1[C@]2(C)CCC[C@@]1(C)C(=O)O. The first kappa shape index (κ1) is 15.8. The number of hydrogen-bond donors (Lipinski definition) is 1. The van der Waals surface area contributed by atoms with Gasteiger partial charge in [0.15, 0.2) is 0 Å². The largest absolute Gasteiger partial charge is 0.481 e. The van der Waals surface area contributed by atoms with Crippen molar-refractivity contribution in [2.45, 2.75) is 58.8 Å². The summed E-state index contributed by atoms with van der Waals surface area (Å²) in [6.07, 6.45) is 9.67. The molecule has 1 unspecified atom stereocenters. The van der Waals surface area contributed by atoms with Crippen molar-refractivity contribution in [2.75, 3.05) is 0 Å². The van der Waals surface area contributed by atoms with Crippen molar-refractivity contribution in [3.05, 3.63) is 24.8 Å². The van der Waals surface area contributed by atoms with Gasteiger partial charge < -0.3 is 5.11 Å². The van der Waals surface area contributed by atoms with E-state index in [2.05, 4.69) is 26.2 Å². The third kappa shape index (κ3) is 2.02. The van der Waals surface area contributed by atoms with Crippen LogP contribution in [0.3, 0.4) is 0 Å². The van der Waals surface area contributed by atoms with Crippen LogP contribution in [0.4, 0.5) is 0 Å². The van der Waals surface area contributed by atoms with E-state index in [1.165, 1.54) is 18.4 Å². The van der Waals surface area contributed by atoms with E-state index in [1.54, 1.807) is 0 Å². The standard InChI is InChI=1S/C20H30O2/c1-5-14-13(2)7-9-16-15(14)8-10-17-19(16,3)11-6-12-20(17,4)18(21)22/h5,14-17H,1-2,6-12H2,3-4H3,(H,21,22)/t14?,15-,16-,17+,19+,20+/m0/s1. The summed E-state index contributed by atoms with van der Waals surface area (Å²) in [6.45, 7) is 12.7. The summed E-state index contributed by atoms with van der Waals surface area (Å²) >= 11 is 0. The second-order valence-electron chi connectivity index (χ2n) is 8.44.